The van der Waals surface area contributed by atoms with Gasteiger partial charge in [0.1, 0.15) is 11.7 Å². The standard InChI is InChI=1S/C10H14O4/c1-5-14-10(13)9(8(4)12)6(2)7(3)11/h9H,2,5H2,1,3-4H3. The molecule has 0 saturated heterocycles. The molecule has 0 aliphatic heterocycles. The lowest BCUT2D eigenvalue weighted by Crippen LogP contribution is -2.28. The van der Waals surface area contributed by atoms with Gasteiger partial charge in [0.05, 0.1) is 6.61 Å². The van der Waals surface area contributed by atoms with Gasteiger partial charge in [0.2, 0.25) is 0 Å². The summed E-state index contributed by atoms with van der Waals surface area (Å²) in [6, 6.07) is 0. The van der Waals surface area contributed by atoms with E-state index in [1.165, 1.54) is 13.8 Å². The average Bonchev–Trinajstić information content (AvgIpc) is 2.03. The summed E-state index contributed by atoms with van der Waals surface area (Å²) in [7, 11) is 0. The molecule has 0 radical (unpaired) electrons. The smallest absolute Gasteiger partial charge is 0.321 e. The van der Waals surface area contributed by atoms with Crippen molar-refractivity contribution in [3.63, 3.8) is 0 Å². The molecule has 0 bridgehead atoms. The Morgan fingerprint density at radius 1 is 1.29 bits per heavy atom. The lowest BCUT2D eigenvalue weighted by Gasteiger charge is -2.12. The van der Waals surface area contributed by atoms with Gasteiger partial charge in [0, 0.05) is 5.57 Å². The molecule has 0 heterocycles. The molecule has 0 spiro atoms. The molecular weight excluding hydrogens is 184 g/mol. The van der Waals surface area contributed by atoms with Crippen LogP contribution in [0.25, 0.3) is 0 Å². The molecule has 4 nitrogen and oxygen atoms in total. The molecule has 0 aliphatic rings. The largest absolute Gasteiger partial charge is 0.465 e. The van der Waals surface area contributed by atoms with Crippen LogP contribution >= 0.6 is 0 Å². The lowest BCUT2D eigenvalue weighted by molar-refractivity contribution is -0.150. The second-order valence-corrected chi connectivity index (χ2v) is 2.88. The summed E-state index contributed by atoms with van der Waals surface area (Å²) in [4.78, 5) is 33.3. The summed E-state index contributed by atoms with van der Waals surface area (Å²) in [5, 5.41) is 0. The van der Waals surface area contributed by atoms with Gasteiger partial charge in [-0.25, -0.2) is 0 Å². The third kappa shape index (κ3) is 3.12. The minimum absolute atomic E-state index is 0.0176. The zero-order valence-electron chi connectivity index (χ0n) is 8.62. The topological polar surface area (TPSA) is 60.4 Å². The maximum Gasteiger partial charge on any atom is 0.321 e. The lowest BCUT2D eigenvalue weighted by atomic mass is 9.94. The van der Waals surface area contributed by atoms with Crippen LogP contribution in [0.5, 0.6) is 0 Å². The first-order valence-electron chi connectivity index (χ1n) is 4.28. The van der Waals surface area contributed by atoms with E-state index in [1.54, 1.807) is 6.92 Å². The highest BCUT2D eigenvalue weighted by molar-refractivity contribution is 6.10. The fourth-order valence-corrected chi connectivity index (χ4v) is 0.982. The Labute approximate surface area is 82.9 Å². The van der Waals surface area contributed by atoms with Gasteiger partial charge in [-0.05, 0) is 20.8 Å². The summed E-state index contributed by atoms with van der Waals surface area (Å²) in [5.41, 5.74) is -0.0176. The zero-order chi connectivity index (χ0) is 11.3. The van der Waals surface area contributed by atoms with E-state index in [-0.39, 0.29) is 18.0 Å². The molecule has 0 aromatic carbocycles. The van der Waals surface area contributed by atoms with Crippen molar-refractivity contribution in [2.45, 2.75) is 20.8 Å². The van der Waals surface area contributed by atoms with Crippen LogP contribution in [0.15, 0.2) is 12.2 Å². The van der Waals surface area contributed by atoms with Gasteiger partial charge in [-0.2, -0.15) is 0 Å². The summed E-state index contributed by atoms with van der Waals surface area (Å²) in [6.45, 7) is 7.71. The van der Waals surface area contributed by atoms with Crippen molar-refractivity contribution in [2.75, 3.05) is 6.61 Å². The highest BCUT2D eigenvalue weighted by Gasteiger charge is 2.29. The number of ketones is 2. The van der Waals surface area contributed by atoms with Crippen LogP contribution in [0.4, 0.5) is 0 Å². The Balaban J connectivity index is 4.77. The molecule has 0 aliphatic carbocycles. The molecule has 0 aromatic heterocycles. The Morgan fingerprint density at radius 2 is 1.79 bits per heavy atom. The highest BCUT2D eigenvalue weighted by atomic mass is 16.5. The van der Waals surface area contributed by atoms with Crippen molar-refractivity contribution in [3.8, 4) is 0 Å². The Kier molecular flexibility index (Phi) is 4.77. The second-order valence-electron chi connectivity index (χ2n) is 2.88. The molecule has 0 fully saturated rings. The molecule has 4 heteroatoms. The van der Waals surface area contributed by atoms with Crippen LogP contribution in [0, 0.1) is 5.92 Å². The van der Waals surface area contributed by atoms with Crippen molar-refractivity contribution in [3.05, 3.63) is 12.2 Å². The minimum atomic E-state index is -1.15. The molecule has 78 valence electrons. The maximum atomic E-state index is 11.3. The second kappa shape index (κ2) is 5.32. The van der Waals surface area contributed by atoms with E-state index in [4.69, 9.17) is 0 Å². The van der Waals surface area contributed by atoms with E-state index < -0.39 is 17.7 Å². The fraction of sp³-hybridized carbons (Fsp3) is 0.500. The van der Waals surface area contributed by atoms with Crippen LogP contribution in [-0.4, -0.2) is 24.1 Å². The molecule has 1 atom stereocenters. The summed E-state index contributed by atoms with van der Waals surface area (Å²) < 4.78 is 4.66. The van der Waals surface area contributed by atoms with Gasteiger partial charge in [0.15, 0.2) is 5.78 Å². The predicted octanol–water partition coefficient (Wildman–Crippen LogP) is 0.900. The number of esters is 1. The fourth-order valence-electron chi connectivity index (χ4n) is 0.982. The summed E-state index contributed by atoms with van der Waals surface area (Å²) >= 11 is 0. The Morgan fingerprint density at radius 3 is 2.07 bits per heavy atom. The normalized spacial score (nSPS) is 11.6. The average molecular weight is 198 g/mol. The van der Waals surface area contributed by atoms with Gasteiger partial charge in [-0.1, -0.05) is 6.58 Å². The number of carbonyl (C=O) groups excluding carboxylic acids is 3. The van der Waals surface area contributed by atoms with Gasteiger partial charge >= 0.3 is 5.97 Å². The van der Waals surface area contributed by atoms with Crippen LogP contribution in [0.3, 0.4) is 0 Å². The van der Waals surface area contributed by atoms with E-state index in [1.807, 2.05) is 0 Å². The number of ether oxygens (including phenoxy) is 1. The molecule has 1 unspecified atom stereocenters. The number of hydrogen-bond donors (Lipinski definition) is 0. The molecule has 14 heavy (non-hydrogen) atoms. The van der Waals surface area contributed by atoms with E-state index >= 15 is 0 Å². The van der Waals surface area contributed by atoms with E-state index in [2.05, 4.69) is 11.3 Å². The van der Waals surface area contributed by atoms with Crippen molar-refractivity contribution in [2.24, 2.45) is 5.92 Å². The third-order valence-electron chi connectivity index (χ3n) is 1.73. The number of carbonyl (C=O) groups is 3. The Hall–Kier alpha value is -1.45. The first-order chi connectivity index (χ1) is 6.41. The summed E-state index contributed by atoms with van der Waals surface area (Å²) in [5.74, 6) is -2.66. The van der Waals surface area contributed by atoms with Crippen molar-refractivity contribution in [1.29, 1.82) is 0 Å². The molecule has 0 amide bonds. The van der Waals surface area contributed by atoms with Gasteiger partial charge in [-0.15, -0.1) is 0 Å². The van der Waals surface area contributed by atoms with Gasteiger partial charge in [0.25, 0.3) is 0 Å². The third-order valence-corrected chi connectivity index (χ3v) is 1.73. The SMILES string of the molecule is C=C(C(C)=O)C(C(C)=O)C(=O)OCC. The van der Waals surface area contributed by atoms with Crippen molar-refractivity contribution < 1.29 is 19.1 Å². The first-order valence-corrected chi connectivity index (χ1v) is 4.28. The quantitative estimate of drug-likeness (QED) is 0.374. The monoisotopic (exact) mass is 198 g/mol. The van der Waals surface area contributed by atoms with Crippen LogP contribution in [0.2, 0.25) is 0 Å². The molecule has 0 saturated carbocycles. The van der Waals surface area contributed by atoms with Crippen molar-refractivity contribution in [1.82, 2.24) is 0 Å². The summed E-state index contributed by atoms with van der Waals surface area (Å²) in [6.07, 6.45) is 0. The molecule has 0 rings (SSSR count). The van der Waals surface area contributed by atoms with E-state index in [0.717, 1.165) is 0 Å². The van der Waals surface area contributed by atoms with Gasteiger partial charge < -0.3 is 4.74 Å². The number of hydrogen-bond acceptors (Lipinski definition) is 4. The predicted molar refractivity (Wildman–Crippen MR) is 50.6 cm³/mol. The zero-order valence-corrected chi connectivity index (χ0v) is 8.62. The highest BCUT2D eigenvalue weighted by Crippen LogP contribution is 2.13. The Bertz CT molecular complexity index is 278. The minimum Gasteiger partial charge on any atom is -0.465 e. The molecule has 0 N–H and O–H groups in total. The van der Waals surface area contributed by atoms with Crippen molar-refractivity contribution >= 4 is 17.5 Å². The van der Waals surface area contributed by atoms with E-state index in [0.29, 0.717) is 0 Å². The number of Topliss-reactive ketones (excluding diaryl/α,β-unsaturated/α-hetero) is 2. The molecule has 0 aromatic rings. The maximum absolute atomic E-state index is 11.3. The van der Waals surface area contributed by atoms with Crippen LogP contribution < -0.4 is 0 Å². The van der Waals surface area contributed by atoms with Crippen LogP contribution in [-0.2, 0) is 19.1 Å². The first kappa shape index (κ1) is 12.6. The number of rotatable bonds is 5. The van der Waals surface area contributed by atoms with Crippen LogP contribution in [0.1, 0.15) is 20.8 Å². The molecular formula is C10H14O4. The van der Waals surface area contributed by atoms with E-state index in [9.17, 15) is 14.4 Å². The van der Waals surface area contributed by atoms with Gasteiger partial charge in [-0.3, -0.25) is 14.4 Å².